The van der Waals surface area contributed by atoms with E-state index in [4.69, 9.17) is 21.1 Å². The first-order valence-electron chi connectivity index (χ1n) is 6.33. The smallest absolute Gasteiger partial charge is 0.231 e. The summed E-state index contributed by atoms with van der Waals surface area (Å²) >= 11 is 7.70. The highest BCUT2D eigenvalue weighted by molar-refractivity contribution is 7.15. The number of halogens is 1. The number of benzene rings is 1. The zero-order chi connectivity index (χ0) is 15.4. The van der Waals surface area contributed by atoms with Crippen molar-refractivity contribution in [3.63, 3.8) is 0 Å². The molecule has 0 radical (unpaired) electrons. The third kappa shape index (κ3) is 3.71. The summed E-state index contributed by atoms with van der Waals surface area (Å²) in [5.74, 6) is 1.31. The standard InChI is InChI=1S/C14H18ClN3O2S/c1-18(2)14-17-13(20-4)12(21-14)8-16-9-5-6-11(19-3)10(15)7-9/h5-7,16H,8H2,1-4H3. The molecular formula is C14H18ClN3O2S. The van der Waals surface area contributed by atoms with Crippen LogP contribution in [0.4, 0.5) is 10.8 Å². The second-order valence-electron chi connectivity index (χ2n) is 4.53. The molecular weight excluding hydrogens is 310 g/mol. The molecule has 0 saturated carbocycles. The minimum Gasteiger partial charge on any atom is -0.495 e. The van der Waals surface area contributed by atoms with Crippen LogP contribution >= 0.6 is 22.9 Å². The van der Waals surface area contributed by atoms with E-state index in [1.807, 2.05) is 37.2 Å². The quantitative estimate of drug-likeness (QED) is 0.880. The molecule has 7 heteroatoms. The first kappa shape index (κ1) is 15.7. The third-order valence-corrected chi connectivity index (χ3v) is 4.33. The lowest BCUT2D eigenvalue weighted by Gasteiger charge is -2.08. The number of rotatable bonds is 6. The number of thiazole rings is 1. The van der Waals surface area contributed by atoms with Crippen LogP contribution in [0.25, 0.3) is 0 Å². The zero-order valence-electron chi connectivity index (χ0n) is 12.4. The molecule has 1 N–H and O–H groups in total. The number of ether oxygens (including phenoxy) is 2. The van der Waals surface area contributed by atoms with E-state index >= 15 is 0 Å². The minimum atomic E-state index is 0.577. The van der Waals surface area contributed by atoms with Crippen LogP contribution in [0.3, 0.4) is 0 Å². The number of methoxy groups -OCH3 is 2. The van der Waals surface area contributed by atoms with Crippen molar-refractivity contribution in [1.82, 2.24) is 4.98 Å². The molecule has 2 aromatic rings. The maximum absolute atomic E-state index is 6.11. The van der Waals surface area contributed by atoms with E-state index in [-0.39, 0.29) is 0 Å². The molecule has 1 aromatic carbocycles. The number of nitrogens with one attached hydrogen (secondary N) is 1. The molecule has 1 aromatic heterocycles. The molecule has 0 saturated heterocycles. The van der Waals surface area contributed by atoms with Crippen molar-refractivity contribution in [2.45, 2.75) is 6.54 Å². The monoisotopic (exact) mass is 327 g/mol. The summed E-state index contributed by atoms with van der Waals surface area (Å²) < 4.78 is 10.4. The van der Waals surface area contributed by atoms with Crippen LogP contribution in [0.15, 0.2) is 18.2 Å². The first-order chi connectivity index (χ1) is 10.0. The number of hydrogen-bond donors (Lipinski definition) is 1. The summed E-state index contributed by atoms with van der Waals surface area (Å²) in [6, 6.07) is 5.59. The van der Waals surface area contributed by atoms with Gasteiger partial charge in [0.1, 0.15) is 5.75 Å². The molecule has 0 aliphatic carbocycles. The van der Waals surface area contributed by atoms with Crippen LogP contribution in [0, 0.1) is 0 Å². The number of anilines is 2. The summed E-state index contributed by atoms with van der Waals surface area (Å²) in [6.45, 7) is 0.622. The molecule has 0 bridgehead atoms. The fourth-order valence-corrected chi connectivity index (χ4v) is 2.90. The summed E-state index contributed by atoms with van der Waals surface area (Å²) in [6.07, 6.45) is 0. The molecule has 114 valence electrons. The normalized spacial score (nSPS) is 10.3. The Morgan fingerprint density at radius 2 is 2.05 bits per heavy atom. The van der Waals surface area contributed by atoms with E-state index in [0.717, 1.165) is 15.7 Å². The Kier molecular flexibility index (Phi) is 5.14. The van der Waals surface area contributed by atoms with Crippen LogP contribution in [0.2, 0.25) is 5.02 Å². The predicted molar refractivity (Wildman–Crippen MR) is 88.3 cm³/mol. The highest BCUT2D eigenvalue weighted by atomic mass is 35.5. The summed E-state index contributed by atoms with van der Waals surface area (Å²) in [5, 5.41) is 4.80. The van der Waals surface area contributed by atoms with Gasteiger partial charge in [-0.15, -0.1) is 0 Å². The second-order valence-corrected chi connectivity index (χ2v) is 6.00. The zero-order valence-corrected chi connectivity index (χ0v) is 14.0. The SMILES string of the molecule is COc1ccc(NCc2sc(N(C)C)nc2OC)cc1Cl. The van der Waals surface area contributed by atoms with Gasteiger partial charge in [-0.25, -0.2) is 0 Å². The molecule has 0 fully saturated rings. The van der Waals surface area contributed by atoms with E-state index in [0.29, 0.717) is 23.2 Å². The molecule has 5 nitrogen and oxygen atoms in total. The van der Waals surface area contributed by atoms with E-state index in [9.17, 15) is 0 Å². The first-order valence-corrected chi connectivity index (χ1v) is 7.53. The van der Waals surface area contributed by atoms with E-state index in [1.54, 1.807) is 25.6 Å². The van der Waals surface area contributed by atoms with Gasteiger partial charge in [0, 0.05) is 19.8 Å². The molecule has 0 aliphatic heterocycles. The van der Waals surface area contributed by atoms with E-state index < -0.39 is 0 Å². The van der Waals surface area contributed by atoms with Gasteiger partial charge in [0.2, 0.25) is 5.88 Å². The highest BCUT2D eigenvalue weighted by Crippen LogP contribution is 2.32. The Balaban J connectivity index is 2.10. The summed E-state index contributed by atoms with van der Waals surface area (Å²) in [4.78, 5) is 7.42. The van der Waals surface area contributed by atoms with Gasteiger partial charge in [0.25, 0.3) is 0 Å². The lowest BCUT2D eigenvalue weighted by atomic mass is 10.3. The lowest BCUT2D eigenvalue weighted by Crippen LogP contribution is -2.07. The Hall–Kier alpha value is -1.66. The Labute approximate surface area is 133 Å². The number of hydrogen-bond acceptors (Lipinski definition) is 6. The van der Waals surface area contributed by atoms with Gasteiger partial charge in [0.05, 0.1) is 30.7 Å². The third-order valence-electron chi connectivity index (χ3n) is 2.83. The average Bonchev–Trinajstić information content (AvgIpc) is 2.88. The van der Waals surface area contributed by atoms with E-state index in [2.05, 4.69) is 10.3 Å². The van der Waals surface area contributed by atoms with Crippen molar-refractivity contribution >= 4 is 33.8 Å². The molecule has 2 rings (SSSR count). The molecule has 1 heterocycles. The lowest BCUT2D eigenvalue weighted by molar-refractivity contribution is 0.397. The molecule has 0 aliphatic rings. The van der Waals surface area contributed by atoms with Gasteiger partial charge >= 0.3 is 0 Å². The maximum atomic E-state index is 6.11. The van der Waals surface area contributed by atoms with Crippen molar-refractivity contribution in [2.24, 2.45) is 0 Å². The maximum Gasteiger partial charge on any atom is 0.231 e. The fraction of sp³-hybridized carbons (Fsp3) is 0.357. The Morgan fingerprint density at radius 1 is 1.29 bits per heavy atom. The molecule has 0 amide bonds. The van der Waals surface area contributed by atoms with Crippen LogP contribution in [0.5, 0.6) is 11.6 Å². The second kappa shape index (κ2) is 6.87. The van der Waals surface area contributed by atoms with Gasteiger partial charge in [-0.1, -0.05) is 22.9 Å². The van der Waals surface area contributed by atoms with Crippen LogP contribution < -0.4 is 19.7 Å². The minimum absolute atomic E-state index is 0.577. The highest BCUT2D eigenvalue weighted by Gasteiger charge is 2.13. The summed E-state index contributed by atoms with van der Waals surface area (Å²) in [7, 11) is 7.14. The molecule has 21 heavy (non-hydrogen) atoms. The Bertz CT molecular complexity index is 616. The number of aromatic nitrogens is 1. The van der Waals surface area contributed by atoms with Crippen molar-refractivity contribution in [3.05, 3.63) is 28.1 Å². The van der Waals surface area contributed by atoms with Gasteiger partial charge in [-0.05, 0) is 18.2 Å². The van der Waals surface area contributed by atoms with Crippen molar-refractivity contribution in [2.75, 3.05) is 38.5 Å². The topological polar surface area (TPSA) is 46.6 Å². The van der Waals surface area contributed by atoms with Gasteiger partial charge in [-0.2, -0.15) is 4.98 Å². The fourth-order valence-electron chi connectivity index (χ4n) is 1.75. The van der Waals surface area contributed by atoms with E-state index in [1.165, 1.54) is 0 Å². The van der Waals surface area contributed by atoms with Gasteiger partial charge in [-0.3, -0.25) is 0 Å². The van der Waals surface area contributed by atoms with Crippen molar-refractivity contribution in [3.8, 4) is 11.6 Å². The Morgan fingerprint density at radius 3 is 2.62 bits per heavy atom. The van der Waals surface area contributed by atoms with Gasteiger partial charge < -0.3 is 19.7 Å². The van der Waals surface area contributed by atoms with Crippen molar-refractivity contribution in [1.29, 1.82) is 0 Å². The molecule has 0 unspecified atom stereocenters. The largest absolute Gasteiger partial charge is 0.495 e. The number of nitrogens with zero attached hydrogens (tertiary/aromatic N) is 2. The predicted octanol–water partition coefficient (Wildman–Crippen LogP) is 3.49. The molecule has 0 atom stereocenters. The van der Waals surface area contributed by atoms with Crippen LogP contribution in [-0.4, -0.2) is 33.3 Å². The van der Waals surface area contributed by atoms with Crippen LogP contribution in [0.1, 0.15) is 4.88 Å². The molecule has 0 spiro atoms. The van der Waals surface area contributed by atoms with Crippen molar-refractivity contribution < 1.29 is 9.47 Å². The average molecular weight is 328 g/mol. The van der Waals surface area contributed by atoms with Crippen LogP contribution in [-0.2, 0) is 6.54 Å². The van der Waals surface area contributed by atoms with Gasteiger partial charge in [0.15, 0.2) is 5.13 Å². The summed E-state index contributed by atoms with van der Waals surface area (Å²) in [5.41, 5.74) is 0.919.